The fraction of sp³-hybridized carbons (Fsp3) is 0.429. The highest BCUT2D eigenvalue weighted by Crippen LogP contribution is 2.21. The Morgan fingerprint density at radius 2 is 2.00 bits per heavy atom. The van der Waals surface area contributed by atoms with Gasteiger partial charge in [-0.2, -0.15) is 0 Å². The SMILES string of the molecule is C=C(C)CCCC(CN)c1ccccc1. The number of hydrogen-bond donors (Lipinski definition) is 1. The average Bonchev–Trinajstić information content (AvgIpc) is 2.25. The summed E-state index contributed by atoms with van der Waals surface area (Å²) in [6, 6.07) is 10.5. The van der Waals surface area contributed by atoms with Crippen LogP contribution in [0.4, 0.5) is 0 Å². The molecule has 0 fully saturated rings. The smallest absolute Gasteiger partial charge is 0.000824 e. The van der Waals surface area contributed by atoms with Crippen LogP contribution in [0.2, 0.25) is 0 Å². The highest BCUT2D eigenvalue weighted by molar-refractivity contribution is 5.19. The minimum absolute atomic E-state index is 0.505. The van der Waals surface area contributed by atoms with E-state index in [9.17, 15) is 0 Å². The number of hydrogen-bond acceptors (Lipinski definition) is 1. The Morgan fingerprint density at radius 1 is 1.33 bits per heavy atom. The standard InChI is InChI=1S/C14H21N/c1-12(2)7-6-10-14(11-15)13-8-4-3-5-9-13/h3-5,8-9,14H,1,6-7,10-11,15H2,2H3. The van der Waals surface area contributed by atoms with E-state index in [1.54, 1.807) is 0 Å². The van der Waals surface area contributed by atoms with E-state index in [1.807, 2.05) is 6.07 Å². The summed E-state index contributed by atoms with van der Waals surface area (Å²) in [5, 5.41) is 0. The van der Waals surface area contributed by atoms with Crippen LogP contribution in [0.15, 0.2) is 42.5 Å². The Kier molecular flexibility index (Phi) is 5.13. The van der Waals surface area contributed by atoms with E-state index in [1.165, 1.54) is 17.6 Å². The molecule has 1 aromatic carbocycles. The molecule has 1 atom stereocenters. The lowest BCUT2D eigenvalue weighted by Crippen LogP contribution is -2.12. The zero-order valence-corrected chi connectivity index (χ0v) is 9.58. The van der Waals surface area contributed by atoms with Gasteiger partial charge < -0.3 is 5.73 Å². The van der Waals surface area contributed by atoms with E-state index < -0.39 is 0 Å². The van der Waals surface area contributed by atoms with Crippen molar-refractivity contribution in [1.82, 2.24) is 0 Å². The van der Waals surface area contributed by atoms with Crippen LogP contribution >= 0.6 is 0 Å². The Bertz CT molecular complexity index is 289. The van der Waals surface area contributed by atoms with Crippen LogP contribution in [-0.4, -0.2) is 6.54 Å². The van der Waals surface area contributed by atoms with Crippen LogP contribution in [0, 0.1) is 0 Å². The zero-order valence-electron chi connectivity index (χ0n) is 9.58. The average molecular weight is 203 g/mol. The molecule has 0 aromatic heterocycles. The molecule has 0 saturated carbocycles. The second-order valence-electron chi connectivity index (χ2n) is 4.19. The molecule has 1 unspecified atom stereocenters. The van der Waals surface area contributed by atoms with Crippen molar-refractivity contribution in [2.45, 2.75) is 32.1 Å². The number of allylic oxidation sites excluding steroid dienone is 1. The lowest BCUT2D eigenvalue weighted by Gasteiger charge is -2.14. The third kappa shape index (κ3) is 4.30. The lowest BCUT2D eigenvalue weighted by molar-refractivity contribution is 0.598. The minimum atomic E-state index is 0.505. The van der Waals surface area contributed by atoms with Gasteiger partial charge in [-0.15, -0.1) is 6.58 Å². The molecule has 0 aliphatic rings. The van der Waals surface area contributed by atoms with Gasteiger partial charge in [-0.25, -0.2) is 0 Å². The van der Waals surface area contributed by atoms with Crippen molar-refractivity contribution in [3.8, 4) is 0 Å². The maximum absolute atomic E-state index is 5.80. The molecular weight excluding hydrogens is 182 g/mol. The van der Waals surface area contributed by atoms with Crippen molar-refractivity contribution in [1.29, 1.82) is 0 Å². The van der Waals surface area contributed by atoms with Gasteiger partial charge in [0.1, 0.15) is 0 Å². The molecule has 1 aromatic rings. The number of benzene rings is 1. The summed E-state index contributed by atoms with van der Waals surface area (Å²) in [6.45, 7) is 6.74. The Labute approximate surface area is 93.0 Å². The van der Waals surface area contributed by atoms with Crippen LogP contribution in [0.3, 0.4) is 0 Å². The van der Waals surface area contributed by atoms with Gasteiger partial charge in [-0.05, 0) is 44.2 Å². The molecule has 0 aliphatic heterocycles. The quantitative estimate of drug-likeness (QED) is 0.704. The van der Waals surface area contributed by atoms with Gasteiger partial charge in [0.15, 0.2) is 0 Å². The van der Waals surface area contributed by atoms with Crippen LogP contribution in [-0.2, 0) is 0 Å². The second kappa shape index (κ2) is 6.41. The first-order valence-electron chi connectivity index (χ1n) is 5.63. The predicted octanol–water partition coefficient (Wildman–Crippen LogP) is 3.48. The maximum Gasteiger partial charge on any atom is -0.000824 e. The zero-order chi connectivity index (χ0) is 11.1. The van der Waals surface area contributed by atoms with Gasteiger partial charge >= 0.3 is 0 Å². The monoisotopic (exact) mass is 203 g/mol. The van der Waals surface area contributed by atoms with E-state index in [0.717, 1.165) is 19.4 Å². The minimum Gasteiger partial charge on any atom is -0.330 e. The summed E-state index contributed by atoms with van der Waals surface area (Å²) in [6.07, 6.45) is 3.46. The third-order valence-corrected chi connectivity index (χ3v) is 2.71. The number of nitrogens with two attached hydrogens (primary N) is 1. The molecule has 0 amide bonds. The van der Waals surface area contributed by atoms with Crippen molar-refractivity contribution in [2.75, 3.05) is 6.54 Å². The van der Waals surface area contributed by atoms with E-state index in [0.29, 0.717) is 5.92 Å². The molecule has 0 saturated heterocycles. The first-order chi connectivity index (χ1) is 7.24. The molecule has 1 heteroatoms. The first-order valence-corrected chi connectivity index (χ1v) is 5.63. The summed E-state index contributed by atoms with van der Waals surface area (Å²) in [4.78, 5) is 0. The van der Waals surface area contributed by atoms with Gasteiger partial charge in [0, 0.05) is 0 Å². The van der Waals surface area contributed by atoms with Crippen molar-refractivity contribution in [3.63, 3.8) is 0 Å². The molecule has 1 rings (SSSR count). The predicted molar refractivity (Wildman–Crippen MR) is 66.9 cm³/mol. The van der Waals surface area contributed by atoms with Crippen molar-refractivity contribution >= 4 is 0 Å². The summed E-state index contributed by atoms with van der Waals surface area (Å²) in [5.74, 6) is 0.505. The highest BCUT2D eigenvalue weighted by atomic mass is 14.5. The summed E-state index contributed by atoms with van der Waals surface area (Å²) in [5.41, 5.74) is 8.42. The largest absolute Gasteiger partial charge is 0.330 e. The van der Waals surface area contributed by atoms with E-state index in [4.69, 9.17) is 5.73 Å². The maximum atomic E-state index is 5.80. The molecule has 0 bridgehead atoms. The third-order valence-electron chi connectivity index (χ3n) is 2.71. The normalized spacial score (nSPS) is 12.4. The summed E-state index contributed by atoms with van der Waals surface area (Å²) < 4.78 is 0. The highest BCUT2D eigenvalue weighted by Gasteiger charge is 2.08. The second-order valence-corrected chi connectivity index (χ2v) is 4.19. The van der Waals surface area contributed by atoms with Crippen LogP contribution < -0.4 is 5.73 Å². The molecule has 0 aliphatic carbocycles. The van der Waals surface area contributed by atoms with Gasteiger partial charge in [0.05, 0.1) is 0 Å². The molecule has 0 heterocycles. The lowest BCUT2D eigenvalue weighted by atomic mass is 9.93. The number of rotatable bonds is 6. The van der Waals surface area contributed by atoms with Crippen LogP contribution in [0.25, 0.3) is 0 Å². The van der Waals surface area contributed by atoms with E-state index >= 15 is 0 Å². The van der Waals surface area contributed by atoms with Gasteiger partial charge in [-0.1, -0.05) is 35.9 Å². The molecule has 15 heavy (non-hydrogen) atoms. The van der Waals surface area contributed by atoms with E-state index in [2.05, 4.69) is 37.8 Å². The topological polar surface area (TPSA) is 26.0 Å². The van der Waals surface area contributed by atoms with Gasteiger partial charge in [0.2, 0.25) is 0 Å². The summed E-state index contributed by atoms with van der Waals surface area (Å²) in [7, 11) is 0. The van der Waals surface area contributed by atoms with Crippen molar-refractivity contribution in [2.24, 2.45) is 5.73 Å². The van der Waals surface area contributed by atoms with Gasteiger partial charge in [-0.3, -0.25) is 0 Å². The fourth-order valence-electron chi connectivity index (χ4n) is 1.80. The Balaban J connectivity index is 2.46. The Morgan fingerprint density at radius 3 is 2.53 bits per heavy atom. The van der Waals surface area contributed by atoms with Gasteiger partial charge in [0.25, 0.3) is 0 Å². The molecule has 0 spiro atoms. The molecule has 0 radical (unpaired) electrons. The Hall–Kier alpha value is -1.08. The first kappa shape index (κ1) is 12.0. The summed E-state index contributed by atoms with van der Waals surface area (Å²) >= 11 is 0. The molecule has 1 nitrogen and oxygen atoms in total. The molecule has 2 N–H and O–H groups in total. The molecule has 82 valence electrons. The molecular formula is C14H21N. The van der Waals surface area contributed by atoms with E-state index in [-0.39, 0.29) is 0 Å². The van der Waals surface area contributed by atoms with Crippen LogP contribution in [0.1, 0.15) is 37.7 Å². The van der Waals surface area contributed by atoms with Crippen LogP contribution in [0.5, 0.6) is 0 Å². The van der Waals surface area contributed by atoms with Crippen molar-refractivity contribution in [3.05, 3.63) is 48.0 Å². The van der Waals surface area contributed by atoms with Crippen molar-refractivity contribution < 1.29 is 0 Å². The fourth-order valence-corrected chi connectivity index (χ4v) is 1.80.